The summed E-state index contributed by atoms with van der Waals surface area (Å²) in [7, 11) is 0. The quantitative estimate of drug-likeness (QED) is 0.725. The molecule has 1 fully saturated rings. The third-order valence-corrected chi connectivity index (χ3v) is 4.37. The first kappa shape index (κ1) is 15.6. The Kier molecular flexibility index (Phi) is 3.83. The number of nitrogens with zero attached hydrogens (tertiary/aromatic N) is 3. The Morgan fingerprint density at radius 2 is 2.08 bits per heavy atom. The molecule has 1 aliphatic rings. The Bertz CT molecular complexity index is 918. The summed E-state index contributed by atoms with van der Waals surface area (Å²) in [5, 5.41) is 7.87. The molecule has 2 aromatic heterocycles. The first-order valence-electron chi connectivity index (χ1n) is 8.09. The van der Waals surface area contributed by atoms with E-state index in [1.165, 1.54) is 12.1 Å². The average molecular weight is 341 g/mol. The standard InChI is InChI=1S/C18H16FN3O3/c1-11-9-15(21-24-11)16-7-4-8-22(16)18(23)17-10-14(20-25-17)12-5-2-3-6-13(12)19/h2-3,5-6,9-10,16H,4,7-8H2,1H3/t16-/m1/s1. The molecule has 0 saturated carbocycles. The SMILES string of the molecule is Cc1cc([C@H]2CCCN2C(=O)c2cc(-c3ccccc3F)no2)no1. The van der Waals surface area contributed by atoms with E-state index in [1.807, 2.05) is 13.0 Å². The fourth-order valence-corrected chi connectivity index (χ4v) is 3.17. The highest BCUT2D eigenvalue weighted by molar-refractivity contribution is 5.93. The van der Waals surface area contributed by atoms with Crippen LogP contribution in [0, 0.1) is 12.7 Å². The van der Waals surface area contributed by atoms with Crippen LogP contribution >= 0.6 is 0 Å². The summed E-state index contributed by atoms with van der Waals surface area (Å²) >= 11 is 0. The molecule has 128 valence electrons. The molecule has 1 saturated heterocycles. The van der Waals surface area contributed by atoms with E-state index in [0.717, 1.165) is 18.5 Å². The van der Waals surface area contributed by atoms with Crippen LogP contribution in [0.15, 0.2) is 45.4 Å². The van der Waals surface area contributed by atoms with Crippen LogP contribution in [0.5, 0.6) is 0 Å². The lowest BCUT2D eigenvalue weighted by atomic mass is 10.1. The van der Waals surface area contributed by atoms with Crippen LogP contribution in [0.4, 0.5) is 4.39 Å². The summed E-state index contributed by atoms with van der Waals surface area (Å²) in [4.78, 5) is 14.5. The van der Waals surface area contributed by atoms with E-state index < -0.39 is 5.82 Å². The Labute approximate surface area is 143 Å². The van der Waals surface area contributed by atoms with E-state index in [-0.39, 0.29) is 17.7 Å². The average Bonchev–Trinajstić information content (AvgIpc) is 3.34. The summed E-state index contributed by atoms with van der Waals surface area (Å²) < 4.78 is 24.2. The highest BCUT2D eigenvalue weighted by atomic mass is 19.1. The van der Waals surface area contributed by atoms with Gasteiger partial charge in [-0.1, -0.05) is 22.4 Å². The normalized spacial score (nSPS) is 17.2. The molecule has 1 aliphatic heterocycles. The van der Waals surface area contributed by atoms with E-state index >= 15 is 0 Å². The minimum Gasteiger partial charge on any atom is -0.361 e. The molecule has 1 aromatic carbocycles. The molecule has 6 nitrogen and oxygen atoms in total. The summed E-state index contributed by atoms with van der Waals surface area (Å²) in [5.41, 5.74) is 1.34. The number of rotatable bonds is 3. The van der Waals surface area contributed by atoms with Gasteiger partial charge in [-0.3, -0.25) is 4.79 Å². The molecule has 3 aromatic rings. The number of carbonyl (C=O) groups excluding carboxylic acids is 1. The largest absolute Gasteiger partial charge is 0.361 e. The van der Waals surface area contributed by atoms with E-state index in [0.29, 0.717) is 23.6 Å². The third kappa shape index (κ3) is 2.82. The number of hydrogen-bond acceptors (Lipinski definition) is 5. The molecule has 0 radical (unpaired) electrons. The van der Waals surface area contributed by atoms with Crippen LogP contribution < -0.4 is 0 Å². The van der Waals surface area contributed by atoms with Gasteiger partial charge in [0.15, 0.2) is 0 Å². The maximum atomic E-state index is 13.9. The van der Waals surface area contributed by atoms with Crippen LogP contribution in [0.25, 0.3) is 11.3 Å². The summed E-state index contributed by atoms with van der Waals surface area (Å²) in [5.74, 6) is 0.103. The van der Waals surface area contributed by atoms with E-state index in [9.17, 15) is 9.18 Å². The Morgan fingerprint density at radius 1 is 1.24 bits per heavy atom. The topological polar surface area (TPSA) is 72.4 Å². The van der Waals surface area contributed by atoms with E-state index in [1.54, 1.807) is 23.1 Å². The zero-order valence-electron chi connectivity index (χ0n) is 13.6. The van der Waals surface area contributed by atoms with Crippen molar-refractivity contribution in [2.75, 3.05) is 6.54 Å². The Morgan fingerprint density at radius 3 is 2.84 bits per heavy atom. The predicted molar refractivity (Wildman–Crippen MR) is 86.1 cm³/mol. The van der Waals surface area contributed by atoms with Crippen molar-refractivity contribution < 1.29 is 18.2 Å². The number of carbonyl (C=O) groups is 1. The van der Waals surface area contributed by atoms with Crippen LogP contribution in [0.1, 0.15) is 40.9 Å². The van der Waals surface area contributed by atoms with Crippen molar-refractivity contribution in [1.29, 1.82) is 0 Å². The molecular weight excluding hydrogens is 325 g/mol. The first-order chi connectivity index (χ1) is 12.1. The number of likely N-dealkylation sites (tertiary alicyclic amines) is 1. The van der Waals surface area contributed by atoms with Crippen LogP contribution in [0.3, 0.4) is 0 Å². The fraction of sp³-hybridized carbons (Fsp3) is 0.278. The van der Waals surface area contributed by atoms with Gasteiger partial charge in [0.25, 0.3) is 5.91 Å². The maximum Gasteiger partial charge on any atom is 0.293 e. The Balaban J connectivity index is 1.60. The molecule has 25 heavy (non-hydrogen) atoms. The smallest absolute Gasteiger partial charge is 0.293 e. The lowest BCUT2D eigenvalue weighted by Crippen LogP contribution is -2.30. The molecule has 1 amide bonds. The second kappa shape index (κ2) is 6.16. The fourth-order valence-electron chi connectivity index (χ4n) is 3.17. The molecule has 1 atom stereocenters. The van der Waals surface area contributed by atoms with Crippen LogP contribution in [-0.4, -0.2) is 27.7 Å². The summed E-state index contributed by atoms with van der Waals surface area (Å²) in [6.07, 6.45) is 1.68. The molecule has 3 heterocycles. The highest BCUT2D eigenvalue weighted by Gasteiger charge is 2.34. The van der Waals surface area contributed by atoms with Crippen molar-refractivity contribution >= 4 is 5.91 Å². The maximum absolute atomic E-state index is 13.9. The van der Waals surface area contributed by atoms with Gasteiger partial charge in [-0.25, -0.2) is 4.39 Å². The number of benzene rings is 1. The predicted octanol–water partition coefficient (Wildman–Crippen LogP) is 3.75. The lowest BCUT2D eigenvalue weighted by Gasteiger charge is -2.21. The second-order valence-corrected chi connectivity index (χ2v) is 6.08. The monoisotopic (exact) mass is 341 g/mol. The van der Waals surface area contributed by atoms with Crippen molar-refractivity contribution in [3.63, 3.8) is 0 Å². The Hall–Kier alpha value is -2.96. The number of amides is 1. The van der Waals surface area contributed by atoms with Gasteiger partial charge in [0.2, 0.25) is 5.76 Å². The minimum atomic E-state index is -0.410. The molecule has 7 heteroatoms. The summed E-state index contributed by atoms with van der Waals surface area (Å²) in [6.45, 7) is 2.42. The molecule has 0 unspecified atom stereocenters. The van der Waals surface area contributed by atoms with Crippen molar-refractivity contribution in [3.8, 4) is 11.3 Å². The number of hydrogen-bond donors (Lipinski definition) is 0. The van der Waals surface area contributed by atoms with Gasteiger partial charge < -0.3 is 13.9 Å². The number of aromatic nitrogens is 2. The first-order valence-corrected chi connectivity index (χ1v) is 8.09. The lowest BCUT2D eigenvalue weighted by molar-refractivity contribution is 0.0688. The molecule has 0 aliphatic carbocycles. The molecule has 0 spiro atoms. The third-order valence-electron chi connectivity index (χ3n) is 4.37. The van der Waals surface area contributed by atoms with Crippen molar-refractivity contribution in [1.82, 2.24) is 15.2 Å². The highest BCUT2D eigenvalue weighted by Crippen LogP contribution is 2.33. The van der Waals surface area contributed by atoms with Gasteiger partial charge in [0, 0.05) is 24.2 Å². The minimum absolute atomic E-state index is 0.0883. The summed E-state index contributed by atoms with van der Waals surface area (Å²) in [6, 6.07) is 9.41. The van der Waals surface area contributed by atoms with Crippen LogP contribution in [-0.2, 0) is 0 Å². The molecular formula is C18H16FN3O3. The van der Waals surface area contributed by atoms with Crippen molar-refractivity contribution in [3.05, 3.63) is 59.4 Å². The van der Waals surface area contributed by atoms with Gasteiger partial charge in [0.1, 0.15) is 23.0 Å². The van der Waals surface area contributed by atoms with E-state index in [4.69, 9.17) is 9.05 Å². The number of aryl methyl sites for hydroxylation is 1. The van der Waals surface area contributed by atoms with Gasteiger partial charge in [-0.15, -0.1) is 0 Å². The van der Waals surface area contributed by atoms with E-state index in [2.05, 4.69) is 10.3 Å². The van der Waals surface area contributed by atoms with Gasteiger partial charge in [0.05, 0.1) is 6.04 Å². The van der Waals surface area contributed by atoms with Gasteiger partial charge in [-0.05, 0) is 31.9 Å². The second-order valence-electron chi connectivity index (χ2n) is 6.08. The molecule has 4 rings (SSSR count). The van der Waals surface area contributed by atoms with Crippen molar-refractivity contribution in [2.45, 2.75) is 25.8 Å². The zero-order valence-corrected chi connectivity index (χ0v) is 13.6. The van der Waals surface area contributed by atoms with Crippen molar-refractivity contribution in [2.24, 2.45) is 0 Å². The molecule has 0 bridgehead atoms. The van der Waals surface area contributed by atoms with Crippen LogP contribution in [0.2, 0.25) is 0 Å². The van der Waals surface area contributed by atoms with Gasteiger partial charge in [-0.2, -0.15) is 0 Å². The zero-order chi connectivity index (χ0) is 17.4. The van der Waals surface area contributed by atoms with Gasteiger partial charge >= 0.3 is 0 Å². The number of halogens is 1. The molecule has 0 N–H and O–H groups in total.